The van der Waals surface area contributed by atoms with Gasteiger partial charge < -0.3 is 4.90 Å². The van der Waals surface area contributed by atoms with E-state index in [0.717, 1.165) is 5.69 Å². The standard InChI is InChI=1S/C10H10ClNO/c11-7-9-6-10(13)12(9)8-4-2-1-3-5-8/h1-5,9H,6-7H2. The predicted molar refractivity (Wildman–Crippen MR) is 53.1 cm³/mol. The van der Waals surface area contributed by atoms with E-state index in [0.29, 0.717) is 12.3 Å². The maximum Gasteiger partial charge on any atom is 0.229 e. The van der Waals surface area contributed by atoms with Crippen molar-refractivity contribution < 1.29 is 4.79 Å². The van der Waals surface area contributed by atoms with Crippen LogP contribution in [0.25, 0.3) is 0 Å². The molecule has 13 heavy (non-hydrogen) atoms. The lowest BCUT2D eigenvalue weighted by molar-refractivity contribution is -0.123. The molecule has 0 saturated carbocycles. The summed E-state index contributed by atoms with van der Waals surface area (Å²) in [5.74, 6) is 0.678. The summed E-state index contributed by atoms with van der Waals surface area (Å²) in [6.45, 7) is 0. The second-order valence-corrected chi connectivity index (χ2v) is 3.42. The highest BCUT2D eigenvalue weighted by molar-refractivity contribution is 6.20. The number of benzene rings is 1. The molecule has 0 aliphatic carbocycles. The zero-order valence-electron chi connectivity index (χ0n) is 7.11. The highest BCUT2D eigenvalue weighted by Crippen LogP contribution is 2.27. The Labute approximate surface area is 82.1 Å². The van der Waals surface area contributed by atoms with Crippen LogP contribution in [0.3, 0.4) is 0 Å². The average Bonchev–Trinajstić information content (AvgIpc) is 2.15. The summed E-state index contributed by atoms with van der Waals surface area (Å²) in [6, 6.07) is 9.83. The highest BCUT2D eigenvalue weighted by Gasteiger charge is 2.36. The van der Waals surface area contributed by atoms with Crippen molar-refractivity contribution in [2.24, 2.45) is 0 Å². The van der Waals surface area contributed by atoms with Gasteiger partial charge in [-0.1, -0.05) is 18.2 Å². The SMILES string of the molecule is O=C1CC(CCl)N1c1ccccc1. The lowest BCUT2D eigenvalue weighted by Crippen LogP contribution is -2.53. The van der Waals surface area contributed by atoms with Gasteiger partial charge in [0.05, 0.1) is 6.04 Å². The van der Waals surface area contributed by atoms with E-state index in [1.165, 1.54) is 0 Å². The van der Waals surface area contributed by atoms with Crippen LogP contribution in [0.2, 0.25) is 0 Å². The summed E-state index contributed by atoms with van der Waals surface area (Å²) >= 11 is 5.72. The van der Waals surface area contributed by atoms with E-state index in [4.69, 9.17) is 11.6 Å². The van der Waals surface area contributed by atoms with Gasteiger partial charge in [0.15, 0.2) is 0 Å². The molecule has 1 fully saturated rings. The minimum atomic E-state index is 0.164. The summed E-state index contributed by atoms with van der Waals surface area (Å²) < 4.78 is 0. The van der Waals surface area contributed by atoms with Crippen LogP contribution in [0.1, 0.15) is 6.42 Å². The molecule has 1 aromatic rings. The van der Waals surface area contributed by atoms with Crippen LogP contribution >= 0.6 is 11.6 Å². The molecular formula is C10H10ClNO. The average molecular weight is 196 g/mol. The van der Waals surface area contributed by atoms with Crippen LogP contribution in [-0.2, 0) is 4.79 Å². The van der Waals surface area contributed by atoms with Gasteiger partial charge in [0.25, 0.3) is 0 Å². The zero-order chi connectivity index (χ0) is 9.26. The molecule has 1 aliphatic heterocycles. The smallest absolute Gasteiger partial charge is 0.229 e. The second kappa shape index (κ2) is 3.38. The van der Waals surface area contributed by atoms with Crippen molar-refractivity contribution in [3.8, 4) is 0 Å². The number of carbonyl (C=O) groups is 1. The Kier molecular flexibility index (Phi) is 2.23. The Bertz CT molecular complexity index is 312. The minimum absolute atomic E-state index is 0.164. The summed E-state index contributed by atoms with van der Waals surface area (Å²) in [5.41, 5.74) is 0.949. The number of para-hydroxylation sites is 1. The van der Waals surface area contributed by atoms with E-state index < -0.39 is 0 Å². The molecule has 68 valence electrons. The predicted octanol–water partition coefficient (Wildman–Crippen LogP) is 2.03. The van der Waals surface area contributed by atoms with Crippen LogP contribution in [0.5, 0.6) is 0 Å². The van der Waals surface area contributed by atoms with Crippen molar-refractivity contribution >= 4 is 23.2 Å². The van der Waals surface area contributed by atoms with Crippen LogP contribution in [-0.4, -0.2) is 17.8 Å². The number of alkyl halides is 1. The lowest BCUT2D eigenvalue weighted by Gasteiger charge is -2.39. The fourth-order valence-electron chi connectivity index (χ4n) is 1.55. The molecule has 1 unspecified atom stereocenters. The number of rotatable bonds is 2. The first-order valence-corrected chi connectivity index (χ1v) is 4.79. The van der Waals surface area contributed by atoms with E-state index in [1.54, 1.807) is 4.90 Å². The van der Waals surface area contributed by atoms with Crippen molar-refractivity contribution in [2.75, 3.05) is 10.8 Å². The van der Waals surface area contributed by atoms with Gasteiger partial charge in [-0.2, -0.15) is 0 Å². The Hall–Kier alpha value is -1.02. The van der Waals surface area contributed by atoms with Crippen molar-refractivity contribution in [1.82, 2.24) is 0 Å². The molecule has 0 bridgehead atoms. The monoisotopic (exact) mass is 195 g/mol. The molecule has 1 atom stereocenters. The fourth-order valence-corrected chi connectivity index (χ4v) is 1.80. The quantitative estimate of drug-likeness (QED) is 0.523. The molecule has 0 radical (unpaired) electrons. The third-order valence-corrected chi connectivity index (χ3v) is 2.61. The molecule has 2 rings (SSSR count). The van der Waals surface area contributed by atoms with E-state index in [2.05, 4.69) is 0 Å². The summed E-state index contributed by atoms with van der Waals surface area (Å²) in [5, 5.41) is 0. The third kappa shape index (κ3) is 1.42. The van der Waals surface area contributed by atoms with Crippen molar-refractivity contribution in [2.45, 2.75) is 12.5 Å². The van der Waals surface area contributed by atoms with Gasteiger partial charge in [-0.3, -0.25) is 4.79 Å². The van der Waals surface area contributed by atoms with Gasteiger partial charge >= 0.3 is 0 Å². The maximum absolute atomic E-state index is 11.3. The van der Waals surface area contributed by atoms with Crippen LogP contribution in [0.4, 0.5) is 5.69 Å². The first-order valence-electron chi connectivity index (χ1n) is 4.26. The van der Waals surface area contributed by atoms with Crippen LogP contribution < -0.4 is 4.90 Å². The molecule has 1 aliphatic rings. The lowest BCUT2D eigenvalue weighted by atomic mass is 10.0. The first kappa shape index (κ1) is 8.57. The van der Waals surface area contributed by atoms with Crippen LogP contribution in [0, 0.1) is 0 Å². The number of β-lactam (4-membered cyclic amide) rings is 1. The molecule has 0 spiro atoms. The summed E-state index contributed by atoms with van der Waals surface area (Å²) in [4.78, 5) is 13.0. The fraction of sp³-hybridized carbons (Fsp3) is 0.300. The molecule has 1 amide bonds. The molecule has 1 saturated heterocycles. The van der Waals surface area contributed by atoms with E-state index >= 15 is 0 Å². The van der Waals surface area contributed by atoms with E-state index in [-0.39, 0.29) is 11.9 Å². The molecule has 1 heterocycles. The van der Waals surface area contributed by atoms with Crippen molar-refractivity contribution in [1.29, 1.82) is 0 Å². The number of nitrogens with zero attached hydrogens (tertiary/aromatic N) is 1. The Balaban J connectivity index is 2.21. The topological polar surface area (TPSA) is 20.3 Å². The number of amides is 1. The molecule has 2 nitrogen and oxygen atoms in total. The van der Waals surface area contributed by atoms with Gasteiger partial charge in [-0.05, 0) is 12.1 Å². The van der Waals surface area contributed by atoms with E-state index in [1.807, 2.05) is 30.3 Å². The Morgan fingerprint density at radius 3 is 2.62 bits per heavy atom. The summed E-state index contributed by atoms with van der Waals surface area (Å²) in [7, 11) is 0. The first-order chi connectivity index (χ1) is 6.33. The minimum Gasteiger partial charge on any atom is -0.308 e. The molecule has 3 heteroatoms. The molecular weight excluding hydrogens is 186 g/mol. The van der Waals surface area contributed by atoms with Crippen molar-refractivity contribution in [3.05, 3.63) is 30.3 Å². The molecule has 0 aromatic heterocycles. The molecule has 0 N–H and O–H groups in total. The number of halogens is 1. The number of hydrogen-bond acceptors (Lipinski definition) is 1. The van der Waals surface area contributed by atoms with Gasteiger partial charge in [-0.15, -0.1) is 11.6 Å². The number of hydrogen-bond donors (Lipinski definition) is 0. The largest absolute Gasteiger partial charge is 0.308 e. The second-order valence-electron chi connectivity index (χ2n) is 3.11. The Morgan fingerprint density at radius 2 is 2.08 bits per heavy atom. The van der Waals surface area contributed by atoms with Crippen LogP contribution in [0.15, 0.2) is 30.3 Å². The van der Waals surface area contributed by atoms with E-state index in [9.17, 15) is 4.79 Å². The zero-order valence-corrected chi connectivity index (χ0v) is 7.87. The number of anilines is 1. The highest BCUT2D eigenvalue weighted by atomic mass is 35.5. The van der Waals surface area contributed by atoms with Gasteiger partial charge in [0, 0.05) is 18.0 Å². The maximum atomic E-state index is 11.3. The third-order valence-electron chi connectivity index (χ3n) is 2.26. The van der Waals surface area contributed by atoms with Crippen molar-refractivity contribution in [3.63, 3.8) is 0 Å². The van der Waals surface area contributed by atoms with Gasteiger partial charge in [-0.25, -0.2) is 0 Å². The van der Waals surface area contributed by atoms with Gasteiger partial charge in [0.1, 0.15) is 0 Å². The summed E-state index contributed by atoms with van der Waals surface area (Å²) in [6.07, 6.45) is 0.582. The Morgan fingerprint density at radius 1 is 1.38 bits per heavy atom. The normalized spacial score (nSPS) is 21.5. The molecule has 1 aromatic carbocycles. The van der Waals surface area contributed by atoms with Gasteiger partial charge in [0.2, 0.25) is 5.91 Å². The number of carbonyl (C=O) groups excluding carboxylic acids is 1.